The van der Waals surface area contributed by atoms with Gasteiger partial charge in [-0.05, 0) is 43.9 Å². The van der Waals surface area contributed by atoms with E-state index < -0.39 is 0 Å². The summed E-state index contributed by atoms with van der Waals surface area (Å²) < 4.78 is 13.2. The summed E-state index contributed by atoms with van der Waals surface area (Å²) in [5.41, 5.74) is 1.02. The SMILES string of the molecule is C[C@@H]1CC[C@H](Cc2ccc(Cl)c(F)c2)N1. The molecule has 1 aromatic carbocycles. The molecule has 1 nitrogen and oxygen atoms in total. The summed E-state index contributed by atoms with van der Waals surface area (Å²) in [4.78, 5) is 0. The highest BCUT2D eigenvalue weighted by Gasteiger charge is 2.20. The highest BCUT2D eigenvalue weighted by atomic mass is 35.5. The first-order chi connectivity index (χ1) is 7.15. The van der Waals surface area contributed by atoms with Crippen LogP contribution in [-0.4, -0.2) is 12.1 Å². The van der Waals surface area contributed by atoms with Crippen molar-refractivity contribution in [2.45, 2.75) is 38.3 Å². The average molecular weight is 228 g/mol. The third kappa shape index (κ3) is 2.70. The van der Waals surface area contributed by atoms with Crippen LogP contribution in [-0.2, 0) is 6.42 Å². The van der Waals surface area contributed by atoms with E-state index in [0.717, 1.165) is 12.0 Å². The Morgan fingerprint density at radius 2 is 2.27 bits per heavy atom. The molecule has 2 atom stereocenters. The summed E-state index contributed by atoms with van der Waals surface area (Å²) in [6.07, 6.45) is 3.27. The van der Waals surface area contributed by atoms with Crippen LogP contribution in [0.25, 0.3) is 0 Å². The van der Waals surface area contributed by atoms with Gasteiger partial charge in [-0.15, -0.1) is 0 Å². The predicted octanol–water partition coefficient (Wildman–Crippen LogP) is 3.16. The average Bonchev–Trinajstić information content (AvgIpc) is 2.58. The van der Waals surface area contributed by atoms with Crippen LogP contribution in [0, 0.1) is 5.82 Å². The van der Waals surface area contributed by atoms with Gasteiger partial charge < -0.3 is 5.32 Å². The number of halogens is 2. The van der Waals surface area contributed by atoms with Crippen LogP contribution in [0.4, 0.5) is 4.39 Å². The summed E-state index contributed by atoms with van der Waals surface area (Å²) in [5.74, 6) is -0.319. The van der Waals surface area contributed by atoms with Crippen molar-refractivity contribution >= 4 is 11.6 Å². The van der Waals surface area contributed by atoms with Crippen LogP contribution in [0.2, 0.25) is 5.02 Å². The van der Waals surface area contributed by atoms with E-state index in [1.165, 1.54) is 18.9 Å². The molecule has 0 aromatic heterocycles. The lowest BCUT2D eigenvalue weighted by atomic mass is 10.0. The first-order valence-electron chi connectivity index (χ1n) is 5.35. The van der Waals surface area contributed by atoms with E-state index in [9.17, 15) is 4.39 Å². The van der Waals surface area contributed by atoms with Gasteiger partial charge in [-0.1, -0.05) is 17.7 Å². The maximum absolute atomic E-state index is 13.2. The second kappa shape index (κ2) is 4.50. The first kappa shape index (κ1) is 10.9. The van der Waals surface area contributed by atoms with Gasteiger partial charge in [-0.25, -0.2) is 4.39 Å². The molecular weight excluding hydrogens is 213 g/mol. The Balaban J connectivity index is 2.02. The molecule has 0 saturated carbocycles. The van der Waals surface area contributed by atoms with Crippen molar-refractivity contribution in [3.05, 3.63) is 34.6 Å². The number of hydrogen-bond donors (Lipinski definition) is 1. The fraction of sp³-hybridized carbons (Fsp3) is 0.500. The molecule has 82 valence electrons. The van der Waals surface area contributed by atoms with Gasteiger partial charge in [0.2, 0.25) is 0 Å². The molecule has 1 aliphatic rings. The Kier molecular flexibility index (Phi) is 3.27. The Labute approximate surface area is 94.6 Å². The minimum atomic E-state index is -0.319. The molecule has 0 amide bonds. The lowest BCUT2D eigenvalue weighted by molar-refractivity contribution is 0.555. The molecule has 1 fully saturated rings. The van der Waals surface area contributed by atoms with Crippen molar-refractivity contribution in [2.24, 2.45) is 0 Å². The predicted molar refractivity (Wildman–Crippen MR) is 60.7 cm³/mol. The van der Waals surface area contributed by atoms with Crippen molar-refractivity contribution < 1.29 is 4.39 Å². The standard InChI is InChI=1S/C12H15ClFN/c1-8-2-4-10(15-8)6-9-3-5-11(13)12(14)7-9/h3,5,7-8,10,15H,2,4,6H2,1H3/t8-,10-/m1/s1. The van der Waals surface area contributed by atoms with Crippen LogP contribution < -0.4 is 5.32 Å². The Bertz CT molecular complexity index is 353. The van der Waals surface area contributed by atoms with E-state index in [1.807, 2.05) is 6.07 Å². The highest BCUT2D eigenvalue weighted by molar-refractivity contribution is 6.30. The van der Waals surface area contributed by atoms with Crippen LogP contribution >= 0.6 is 11.6 Å². The van der Waals surface area contributed by atoms with E-state index >= 15 is 0 Å². The number of hydrogen-bond acceptors (Lipinski definition) is 1. The number of nitrogens with one attached hydrogen (secondary N) is 1. The van der Waals surface area contributed by atoms with Gasteiger partial charge in [-0.2, -0.15) is 0 Å². The molecule has 0 bridgehead atoms. The summed E-state index contributed by atoms with van der Waals surface area (Å²) in [7, 11) is 0. The maximum atomic E-state index is 13.2. The zero-order valence-electron chi connectivity index (χ0n) is 8.76. The van der Waals surface area contributed by atoms with Crippen molar-refractivity contribution in [3.63, 3.8) is 0 Å². The molecule has 15 heavy (non-hydrogen) atoms. The quantitative estimate of drug-likeness (QED) is 0.819. The molecule has 1 aromatic rings. The molecule has 1 aliphatic heterocycles. The third-order valence-electron chi connectivity index (χ3n) is 2.93. The van der Waals surface area contributed by atoms with Gasteiger partial charge in [0.05, 0.1) is 5.02 Å². The van der Waals surface area contributed by atoms with Gasteiger partial charge >= 0.3 is 0 Å². The Hall–Kier alpha value is -0.600. The largest absolute Gasteiger partial charge is 0.311 e. The lowest BCUT2D eigenvalue weighted by Crippen LogP contribution is -2.28. The van der Waals surface area contributed by atoms with Crippen LogP contribution in [0.15, 0.2) is 18.2 Å². The highest BCUT2D eigenvalue weighted by Crippen LogP contribution is 2.20. The molecule has 3 heteroatoms. The zero-order chi connectivity index (χ0) is 10.8. The van der Waals surface area contributed by atoms with E-state index in [0.29, 0.717) is 12.1 Å². The summed E-state index contributed by atoms with van der Waals surface area (Å²) in [6.45, 7) is 2.18. The second-order valence-corrected chi connectivity index (χ2v) is 4.70. The first-order valence-corrected chi connectivity index (χ1v) is 5.73. The van der Waals surface area contributed by atoms with E-state index in [1.54, 1.807) is 6.07 Å². The van der Waals surface area contributed by atoms with Crippen LogP contribution in [0.5, 0.6) is 0 Å². The lowest BCUT2D eigenvalue weighted by Gasteiger charge is -2.11. The Morgan fingerprint density at radius 3 is 2.87 bits per heavy atom. The van der Waals surface area contributed by atoms with Crippen LogP contribution in [0.1, 0.15) is 25.3 Å². The van der Waals surface area contributed by atoms with Crippen molar-refractivity contribution in [1.29, 1.82) is 0 Å². The molecule has 0 aliphatic carbocycles. The van der Waals surface area contributed by atoms with Crippen molar-refractivity contribution in [3.8, 4) is 0 Å². The van der Waals surface area contributed by atoms with E-state index in [2.05, 4.69) is 12.2 Å². The molecule has 0 radical (unpaired) electrons. The van der Waals surface area contributed by atoms with Gasteiger partial charge in [0.15, 0.2) is 0 Å². The normalized spacial score (nSPS) is 25.8. The van der Waals surface area contributed by atoms with Gasteiger partial charge in [0.1, 0.15) is 5.82 Å². The zero-order valence-corrected chi connectivity index (χ0v) is 9.52. The molecule has 1 saturated heterocycles. The summed E-state index contributed by atoms with van der Waals surface area (Å²) >= 11 is 5.63. The maximum Gasteiger partial charge on any atom is 0.142 e. The van der Waals surface area contributed by atoms with E-state index in [-0.39, 0.29) is 10.8 Å². The van der Waals surface area contributed by atoms with E-state index in [4.69, 9.17) is 11.6 Å². The number of benzene rings is 1. The molecular formula is C12H15ClFN. The molecule has 0 spiro atoms. The van der Waals surface area contributed by atoms with Gasteiger partial charge in [0.25, 0.3) is 0 Å². The van der Waals surface area contributed by atoms with Crippen molar-refractivity contribution in [1.82, 2.24) is 5.32 Å². The second-order valence-electron chi connectivity index (χ2n) is 4.29. The molecule has 1 heterocycles. The Morgan fingerprint density at radius 1 is 1.47 bits per heavy atom. The molecule has 1 N–H and O–H groups in total. The molecule has 0 unspecified atom stereocenters. The van der Waals surface area contributed by atoms with Crippen molar-refractivity contribution in [2.75, 3.05) is 0 Å². The smallest absolute Gasteiger partial charge is 0.142 e. The summed E-state index contributed by atoms with van der Waals surface area (Å²) in [5, 5.41) is 3.68. The minimum absolute atomic E-state index is 0.200. The summed E-state index contributed by atoms with van der Waals surface area (Å²) in [6, 6.07) is 6.14. The minimum Gasteiger partial charge on any atom is -0.311 e. The van der Waals surface area contributed by atoms with Gasteiger partial charge in [0, 0.05) is 12.1 Å². The fourth-order valence-electron chi connectivity index (χ4n) is 2.13. The monoisotopic (exact) mass is 227 g/mol. The van der Waals surface area contributed by atoms with Gasteiger partial charge in [-0.3, -0.25) is 0 Å². The molecule has 2 rings (SSSR count). The number of rotatable bonds is 2. The fourth-order valence-corrected chi connectivity index (χ4v) is 2.25. The third-order valence-corrected chi connectivity index (χ3v) is 3.24. The topological polar surface area (TPSA) is 12.0 Å². The van der Waals surface area contributed by atoms with Crippen LogP contribution in [0.3, 0.4) is 0 Å².